The van der Waals surface area contributed by atoms with Crippen molar-refractivity contribution in [1.82, 2.24) is 10.3 Å². The first-order valence-corrected chi connectivity index (χ1v) is 6.59. The molecule has 1 saturated heterocycles. The second-order valence-corrected chi connectivity index (χ2v) is 4.85. The van der Waals surface area contributed by atoms with Crippen LogP contribution in [0.15, 0.2) is 18.5 Å². The zero-order chi connectivity index (χ0) is 13.9. The lowest BCUT2D eigenvalue weighted by molar-refractivity contribution is -0.122. The smallest absolute Gasteiger partial charge is 0.244 e. The van der Waals surface area contributed by atoms with E-state index < -0.39 is 0 Å². The second-order valence-electron chi connectivity index (χ2n) is 4.85. The van der Waals surface area contributed by atoms with Crippen molar-refractivity contribution >= 4 is 23.2 Å². The van der Waals surface area contributed by atoms with Gasteiger partial charge in [0.1, 0.15) is 6.54 Å². The molecule has 1 unspecified atom stereocenters. The van der Waals surface area contributed by atoms with E-state index >= 15 is 0 Å². The molecule has 2 amide bonds. The molecule has 7 heteroatoms. The summed E-state index contributed by atoms with van der Waals surface area (Å²) < 4.78 is 5.34. The van der Waals surface area contributed by atoms with Crippen molar-refractivity contribution < 1.29 is 14.3 Å². The van der Waals surface area contributed by atoms with Crippen LogP contribution in [0.3, 0.4) is 0 Å². The van der Waals surface area contributed by atoms with Crippen LogP contribution in [0.2, 0.25) is 0 Å². The number of pyridine rings is 1. The van der Waals surface area contributed by atoms with Gasteiger partial charge in [-0.1, -0.05) is 0 Å². The van der Waals surface area contributed by atoms with Crippen LogP contribution in [0, 0.1) is 0 Å². The predicted octanol–water partition coefficient (Wildman–Crippen LogP) is -0.255. The second kappa shape index (κ2) is 5.56. The summed E-state index contributed by atoms with van der Waals surface area (Å²) in [4.78, 5) is 29.5. The average molecular weight is 276 g/mol. The van der Waals surface area contributed by atoms with E-state index in [1.807, 2.05) is 0 Å². The fraction of sp³-hybridized carbons (Fsp3) is 0.462. The third kappa shape index (κ3) is 2.63. The minimum absolute atomic E-state index is 0.00604. The van der Waals surface area contributed by atoms with Gasteiger partial charge in [0.2, 0.25) is 11.8 Å². The van der Waals surface area contributed by atoms with E-state index in [0.29, 0.717) is 31.0 Å². The molecule has 0 radical (unpaired) electrons. The lowest BCUT2D eigenvalue weighted by Gasteiger charge is -2.31. The number of fused-ring (bicyclic) bond motifs is 1. The van der Waals surface area contributed by atoms with Gasteiger partial charge in [-0.3, -0.25) is 14.6 Å². The molecule has 1 atom stereocenters. The van der Waals surface area contributed by atoms with Crippen molar-refractivity contribution in [3.63, 3.8) is 0 Å². The fourth-order valence-electron chi connectivity index (χ4n) is 2.43. The van der Waals surface area contributed by atoms with Gasteiger partial charge in [-0.2, -0.15) is 0 Å². The minimum Gasteiger partial charge on any atom is -0.378 e. The van der Waals surface area contributed by atoms with Crippen LogP contribution in [-0.2, 0) is 14.3 Å². The molecule has 1 aromatic rings. The maximum absolute atomic E-state index is 12.4. The Hall–Kier alpha value is -1.99. The first kappa shape index (κ1) is 13.0. The van der Waals surface area contributed by atoms with Gasteiger partial charge >= 0.3 is 0 Å². The van der Waals surface area contributed by atoms with Crippen LogP contribution in [0.1, 0.15) is 6.42 Å². The van der Waals surface area contributed by atoms with E-state index in [9.17, 15) is 9.59 Å². The maximum Gasteiger partial charge on any atom is 0.244 e. The Kier molecular flexibility index (Phi) is 3.62. The van der Waals surface area contributed by atoms with Crippen LogP contribution in [0.25, 0.3) is 0 Å². The number of hydrogen-bond donors (Lipinski definition) is 2. The van der Waals surface area contributed by atoms with E-state index in [0.717, 1.165) is 6.54 Å². The molecular weight excluding hydrogens is 260 g/mol. The van der Waals surface area contributed by atoms with Gasteiger partial charge in [0.15, 0.2) is 0 Å². The quantitative estimate of drug-likeness (QED) is 0.778. The van der Waals surface area contributed by atoms with Gasteiger partial charge < -0.3 is 20.3 Å². The summed E-state index contributed by atoms with van der Waals surface area (Å²) in [6.45, 7) is 1.99. The van der Waals surface area contributed by atoms with E-state index in [1.54, 1.807) is 18.5 Å². The zero-order valence-electron chi connectivity index (χ0n) is 11.0. The summed E-state index contributed by atoms with van der Waals surface area (Å²) in [6.07, 6.45) is 3.47. The van der Waals surface area contributed by atoms with Crippen LogP contribution in [0.5, 0.6) is 0 Å². The minimum atomic E-state index is -0.202. The van der Waals surface area contributed by atoms with Gasteiger partial charge in [0, 0.05) is 25.2 Å². The number of nitrogens with one attached hydrogen (secondary N) is 2. The first-order chi connectivity index (χ1) is 9.74. The summed E-state index contributed by atoms with van der Waals surface area (Å²) in [5.74, 6) is -0.290. The third-order valence-electron chi connectivity index (χ3n) is 3.39. The molecule has 2 N–H and O–H groups in total. The molecule has 20 heavy (non-hydrogen) atoms. The van der Waals surface area contributed by atoms with Crippen LogP contribution in [-0.4, -0.2) is 49.1 Å². The van der Waals surface area contributed by atoms with Gasteiger partial charge in [0.05, 0.1) is 30.8 Å². The number of anilines is 2. The van der Waals surface area contributed by atoms with Crippen molar-refractivity contribution in [1.29, 1.82) is 0 Å². The molecule has 3 heterocycles. The Bertz CT molecular complexity index is 528. The molecule has 1 fully saturated rings. The molecule has 2 aliphatic rings. The lowest BCUT2D eigenvalue weighted by atomic mass is 10.1. The Morgan fingerprint density at radius 1 is 1.55 bits per heavy atom. The summed E-state index contributed by atoms with van der Waals surface area (Å²) in [6, 6.07) is 1.74. The maximum atomic E-state index is 12.4. The topological polar surface area (TPSA) is 83.6 Å². The van der Waals surface area contributed by atoms with Crippen molar-refractivity contribution in [3.8, 4) is 0 Å². The highest BCUT2D eigenvalue weighted by molar-refractivity contribution is 6.09. The zero-order valence-corrected chi connectivity index (χ0v) is 11.0. The van der Waals surface area contributed by atoms with E-state index in [1.165, 1.54) is 4.90 Å². The summed E-state index contributed by atoms with van der Waals surface area (Å²) in [5, 5.41) is 5.95. The van der Waals surface area contributed by atoms with Crippen molar-refractivity contribution in [2.24, 2.45) is 0 Å². The molecule has 0 bridgehead atoms. The van der Waals surface area contributed by atoms with Crippen molar-refractivity contribution in [3.05, 3.63) is 18.5 Å². The predicted molar refractivity (Wildman–Crippen MR) is 72.4 cm³/mol. The number of carbonyl (C=O) groups excluding carboxylic acids is 2. The van der Waals surface area contributed by atoms with E-state index in [-0.39, 0.29) is 24.4 Å². The highest BCUT2D eigenvalue weighted by Crippen LogP contribution is 2.28. The van der Waals surface area contributed by atoms with E-state index in [4.69, 9.17) is 4.74 Å². The molecule has 0 aromatic carbocycles. The van der Waals surface area contributed by atoms with Gasteiger partial charge in [-0.15, -0.1) is 0 Å². The Morgan fingerprint density at radius 2 is 2.45 bits per heavy atom. The molecule has 0 spiro atoms. The highest BCUT2D eigenvalue weighted by Gasteiger charge is 2.28. The number of nitrogens with zero attached hydrogens (tertiary/aromatic N) is 2. The SMILES string of the molecule is O=C1CN(C(=O)CC2COCCN2)c2ccncc2N1. The van der Waals surface area contributed by atoms with Crippen LogP contribution < -0.4 is 15.5 Å². The molecule has 7 nitrogen and oxygen atoms in total. The van der Waals surface area contributed by atoms with Gasteiger partial charge in [-0.05, 0) is 6.07 Å². The van der Waals surface area contributed by atoms with Gasteiger partial charge in [0.25, 0.3) is 0 Å². The molecule has 106 valence electrons. The monoisotopic (exact) mass is 276 g/mol. The number of aromatic nitrogens is 1. The normalized spacial score (nSPS) is 22.1. The van der Waals surface area contributed by atoms with Crippen LogP contribution in [0.4, 0.5) is 11.4 Å². The van der Waals surface area contributed by atoms with Crippen LogP contribution >= 0.6 is 0 Å². The van der Waals surface area contributed by atoms with Gasteiger partial charge in [-0.25, -0.2) is 0 Å². The molecule has 1 aromatic heterocycles. The molecular formula is C13H16N4O3. The highest BCUT2D eigenvalue weighted by atomic mass is 16.5. The standard InChI is InChI=1S/C13H16N4O3/c18-12-7-17(11-1-2-14-6-10(11)16-12)13(19)5-9-8-20-4-3-15-9/h1-2,6,9,15H,3-5,7-8H2,(H,16,18). The fourth-order valence-corrected chi connectivity index (χ4v) is 2.43. The Balaban J connectivity index is 1.75. The first-order valence-electron chi connectivity index (χ1n) is 6.59. The number of amides is 2. The summed E-state index contributed by atoms with van der Waals surface area (Å²) in [7, 11) is 0. The number of carbonyl (C=O) groups is 2. The molecule has 3 rings (SSSR count). The molecule has 0 saturated carbocycles. The van der Waals surface area contributed by atoms with Crippen molar-refractivity contribution in [2.45, 2.75) is 12.5 Å². The summed E-state index contributed by atoms with van der Waals surface area (Å²) in [5.41, 5.74) is 1.27. The average Bonchev–Trinajstić information content (AvgIpc) is 2.47. The number of ether oxygens (including phenoxy) is 1. The Labute approximate surface area is 116 Å². The lowest BCUT2D eigenvalue weighted by Crippen LogP contribution is -2.48. The van der Waals surface area contributed by atoms with Crippen molar-refractivity contribution in [2.75, 3.05) is 36.5 Å². The largest absolute Gasteiger partial charge is 0.378 e. The van der Waals surface area contributed by atoms with E-state index in [2.05, 4.69) is 15.6 Å². The summed E-state index contributed by atoms with van der Waals surface area (Å²) >= 11 is 0. The third-order valence-corrected chi connectivity index (χ3v) is 3.39. The number of rotatable bonds is 2. The number of hydrogen-bond acceptors (Lipinski definition) is 5. The number of morpholine rings is 1. The molecule has 0 aliphatic carbocycles. The molecule has 2 aliphatic heterocycles. The Morgan fingerprint density at radius 3 is 3.25 bits per heavy atom.